The summed E-state index contributed by atoms with van der Waals surface area (Å²) in [5, 5.41) is 11.5. The first kappa shape index (κ1) is 18.5. The highest BCUT2D eigenvalue weighted by Crippen LogP contribution is 2.28. The van der Waals surface area contributed by atoms with Crippen molar-refractivity contribution in [2.45, 2.75) is 19.4 Å². The van der Waals surface area contributed by atoms with Crippen molar-refractivity contribution in [3.05, 3.63) is 46.8 Å². The Labute approximate surface area is 157 Å². The summed E-state index contributed by atoms with van der Waals surface area (Å²) in [7, 11) is 3.86. The third kappa shape index (κ3) is 4.10. The molecule has 0 saturated heterocycles. The highest BCUT2D eigenvalue weighted by molar-refractivity contribution is 6.01. The fourth-order valence-electron chi connectivity index (χ4n) is 3.04. The van der Waals surface area contributed by atoms with Gasteiger partial charge in [-0.2, -0.15) is 5.26 Å². The molecule has 0 aromatic carbocycles. The van der Waals surface area contributed by atoms with Gasteiger partial charge in [-0.1, -0.05) is 0 Å². The molecule has 0 saturated carbocycles. The van der Waals surface area contributed by atoms with E-state index in [4.69, 9.17) is 5.26 Å². The van der Waals surface area contributed by atoms with Gasteiger partial charge >= 0.3 is 6.03 Å². The second kappa shape index (κ2) is 7.93. The fraction of sp³-hybridized carbons (Fsp3) is 0.316. The molecule has 3 rings (SSSR count). The number of hydrogen-bond acceptors (Lipinski definition) is 6. The Morgan fingerprint density at radius 2 is 2.26 bits per heavy atom. The Hall–Kier alpha value is -3.31. The monoisotopic (exact) mass is 364 g/mol. The van der Waals surface area contributed by atoms with Gasteiger partial charge < -0.3 is 4.90 Å². The molecule has 8 nitrogen and oxygen atoms in total. The van der Waals surface area contributed by atoms with Crippen LogP contribution < -0.4 is 10.2 Å². The van der Waals surface area contributed by atoms with Gasteiger partial charge in [0.1, 0.15) is 23.4 Å². The number of fused-ring (bicyclic) bond motifs is 1. The van der Waals surface area contributed by atoms with Crippen molar-refractivity contribution in [2.24, 2.45) is 0 Å². The van der Waals surface area contributed by atoms with E-state index >= 15 is 0 Å². The van der Waals surface area contributed by atoms with E-state index in [2.05, 4.69) is 15.3 Å². The molecule has 0 bridgehead atoms. The van der Waals surface area contributed by atoms with Crippen LogP contribution in [0.5, 0.6) is 0 Å². The predicted octanol–water partition coefficient (Wildman–Crippen LogP) is 2.21. The van der Waals surface area contributed by atoms with Gasteiger partial charge in [-0.25, -0.2) is 14.8 Å². The molecule has 0 fully saturated rings. The lowest BCUT2D eigenvalue weighted by Crippen LogP contribution is -2.40. The van der Waals surface area contributed by atoms with Crippen LogP contribution in [0.2, 0.25) is 0 Å². The van der Waals surface area contributed by atoms with Crippen LogP contribution in [-0.4, -0.2) is 47.8 Å². The van der Waals surface area contributed by atoms with Gasteiger partial charge in [0.15, 0.2) is 6.29 Å². The van der Waals surface area contributed by atoms with E-state index in [1.807, 2.05) is 31.1 Å². The molecular formula is C19H20N6O2. The van der Waals surface area contributed by atoms with Gasteiger partial charge in [0, 0.05) is 19.3 Å². The lowest BCUT2D eigenvalue weighted by molar-refractivity contribution is 0.111. The summed E-state index contributed by atoms with van der Waals surface area (Å²) < 4.78 is 0. The Balaban J connectivity index is 1.87. The van der Waals surface area contributed by atoms with E-state index in [0.717, 1.165) is 30.3 Å². The first-order valence-corrected chi connectivity index (χ1v) is 8.59. The molecule has 1 N–H and O–H groups in total. The number of aldehydes is 1. The van der Waals surface area contributed by atoms with E-state index in [-0.39, 0.29) is 6.03 Å². The minimum Gasteiger partial charge on any atom is -0.305 e. The second-order valence-electron chi connectivity index (χ2n) is 6.60. The van der Waals surface area contributed by atoms with E-state index in [1.54, 1.807) is 12.1 Å². The number of nitrogens with zero attached hydrogens (tertiary/aromatic N) is 5. The number of amides is 2. The molecule has 3 heterocycles. The van der Waals surface area contributed by atoms with Crippen LogP contribution in [0.25, 0.3) is 0 Å². The van der Waals surface area contributed by atoms with Gasteiger partial charge in [0.25, 0.3) is 0 Å². The Morgan fingerprint density at radius 3 is 2.89 bits per heavy atom. The molecule has 0 aliphatic carbocycles. The molecule has 8 heteroatoms. The number of carbonyl (C=O) groups is 2. The summed E-state index contributed by atoms with van der Waals surface area (Å²) in [5.41, 5.74) is 2.57. The molecule has 1 aliphatic heterocycles. The molecule has 138 valence electrons. The summed E-state index contributed by atoms with van der Waals surface area (Å²) in [6, 6.07) is 6.75. The SMILES string of the molecule is CN(C)Cc1cc2c(nc1C=O)N(C(=O)Nc1ccc(C#N)cn1)CCC2. The summed E-state index contributed by atoms with van der Waals surface area (Å²) in [6.45, 7) is 1.11. The summed E-state index contributed by atoms with van der Waals surface area (Å²) in [6.07, 6.45) is 3.74. The van der Waals surface area contributed by atoms with Crippen molar-refractivity contribution in [1.29, 1.82) is 5.26 Å². The van der Waals surface area contributed by atoms with Crippen LogP contribution in [0, 0.1) is 11.3 Å². The van der Waals surface area contributed by atoms with Crippen LogP contribution in [0.1, 0.15) is 33.6 Å². The summed E-state index contributed by atoms with van der Waals surface area (Å²) in [4.78, 5) is 36.2. The topological polar surface area (TPSA) is 102 Å². The minimum absolute atomic E-state index is 0.346. The third-order valence-electron chi connectivity index (χ3n) is 4.25. The zero-order chi connectivity index (χ0) is 19.4. The molecule has 1 aliphatic rings. The van der Waals surface area contributed by atoms with Crippen molar-refractivity contribution in [2.75, 3.05) is 30.9 Å². The second-order valence-corrected chi connectivity index (χ2v) is 6.60. The number of nitriles is 1. The lowest BCUT2D eigenvalue weighted by Gasteiger charge is -2.29. The number of nitrogens with one attached hydrogen (secondary N) is 1. The molecule has 0 atom stereocenters. The van der Waals surface area contributed by atoms with Crippen LogP contribution in [0.4, 0.5) is 16.4 Å². The van der Waals surface area contributed by atoms with Crippen molar-refractivity contribution in [3.8, 4) is 6.07 Å². The normalized spacial score (nSPS) is 13.0. The van der Waals surface area contributed by atoms with Crippen molar-refractivity contribution >= 4 is 24.0 Å². The van der Waals surface area contributed by atoms with Crippen molar-refractivity contribution in [3.63, 3.8) is 0 Å². The zero-order valence-corrected chi connectivity index (χ0v) is 15.3. The Bertz CT molecular complexity index is 902. The molecule has 0 spiro atoms. The standard InChI is InChI=1S/C19H20N6O2/c1-24(2)11-15-8-14-4-3-7-25(18(14)22-16(15)12-26)19(27)23-17-6-5-13(9-20)10-21-17/h5-6,8,10,12H,3-4,7,11H2,1-2H3,(H,21,23,27). The highest BCUT2D eigenvalue weighted by Gasteiger charge is 2.26. The molecule has 0 radical (unpaired) electrons. The minimum atomic E-state index is -0.363. The summed E-state index contributed by atoms with van der Waals surface area (Å²) in [5.74, 6) is 0.864. The van der Waals surface area contributed by atoms with Gasteiger partial charge in [-0.05, 0) is 56.3 Å². The number of aromatic nitrogens is 2. The highest BCUT2D eigenvalue weighted by atomic mass is 16.2. The number of pyridine rings is 2. The fourth-order valence-corrected chi connectivity index (χ4v) is 3.04. The molecule has 2 aromatic heterocycles. The van der Waals surface area contributed by atoms with Crippen LogP contribution in [0.3, 0.4) is 0 Å². The quantitative estimate of drug-likeness (QED) is 0.835. The van der Waals surface area contributed by atoms with Gasteiger partial charge in [0.2, 0.25) is 0 Å². The van der Waals surface area contributed by atoms with Crippen LogP contribution >= 0.6 is 0 Å². The average Bonchev–Trinajstić information content (AvgIpc) is 2.67. The van der Waals surface area contributed by atoms with E-state index < -0.39 is 0 Å². The molecular weight excluding hydrogens is 344 g/mol. The van der Waals surface area contributed by atoms with Gasteiger partial charge in [-0.3, -0.25) is 15.0 Å². The van der Waals surface area contributed by atoms with Crippen molar-refractivity contribution in [1.82, 2.24) is 14.9 Å². The molecule has 0 unspecified atom stereocenters. The molecule has 2 aromatic rings. The van der Waals surface area contributed by atoms with E-state index in [9.17, 15) is 9.59 Å². The first-order chi connectivity index (χ1) is 13.0. The summed E-state index contributed by atoms with van der Waals surface area (Å²) >= 11 is 0. The number of rotatable bonds is 4. The first-order valence-electron chi connectivity index (χ1n) is 8.59. The maximum Gasteiger partial charge on any atom is 0.328 e. The molecule has 27 heavy (non-hydrogen) atoms. The average molecular weight is 364 g/mol. The van der Waals surface area contributed by atoms with Crippen LogP contribution in [-0.2, 0) is 13.0 Å². The van der Waals surface area contributed by atoms with Crippen LogP contribution in [0.15, 0.2) is 24.4 Å². The predicted molar refractivity (Wildman–Crippen MR) is 101 cm³/mol. The zero-order valence-electron chi connectivity index (χ0n) is 15.3. The smallest absolute Gasteiger partial charge is 0.305 e. The number of carbonyl (C=O) groups excluding carboxylic acids is 2. The van der Waals surface area contributed by atoms with Gasteiger partial charge in [0.05, 0.1) is 5.56 Å². The maximum atomic E-state index is 12.7. The van der Waals surface area contributed by atoms with E-state index in [0.29, 0.717) is 36.0 Å². The Morgan fingerprint density at radius 1 is 1.44 bits per heavy atom. The number of aryl methyl sites for hydroxylation is 1. The van der Waals surface area contributed by atoms with Crippen molar-refractivity contribution < 1.29 is 9.59 Å². The number of anilines is 2. The lowest BCUT2D eigenvalue weighted by atomic mass is 10.0. The van der Waals surface area contributed by atoms with E-state index in [1.165, 1.54) is 11.1 Å². The molecule has 2 amide bonds. The number of hydrogen-bond donors (Lipinski definition) is 1. The maximum absolute atomic E-state index is 12.7. The van der Waals surface area contributed by atoms with Gasteiger partial charge in [-0.15, -0.1) is 0 Å². The largest absolute Gasteiger partial charge is 0.328 e. The third-order valence-corrected chi connectivity index (χ3v) is 4.25. The Kier molecular flexibility index (Phi) is 5.43. The number of urea groups is 1.